The maximum Gasteiger partial charge on any atom is 0.0648 e. The first-order valence-electron chi connectivity index (χ1n) is 13.6. The lowest BCUT2D eigenvalue weighted by Crippen LogP contribution is -2.54. The molecule has 0 unspecified atom stereocenters. The van der Waals surface area contributed by atoms with Gasteiger partial charge in [0.15, 0.2) is 0 Å². The molecule has 0 aromatic heterocycles. The second kappa shape index (κ2) is 8.69. The van der Waals surface area contributed by atoms with Crippen molar-refractivity contribution in [2.75, 3.05) is 0 Å². The van der Waals surface area contributed by atoms with E-state index in [0.717, 1.165) is 67.1 Å². The molecule has 0 saturated heterocycles. The van der Waals surface area contributed by atoms with Gasteiger partial charge in [-0.15, -0.1) is 0 Å². The van der Waals surface area contributed by atoms with E-state index in [4.69, 9.17) is 0 Å². The minimum atomic E-state index is -0.372. The third-order valence-electron chi connectivity index (χ3n) is 11.3. The zero-order chi connectivity index (χ0) is 21.7. The summed E-state index contributed by atoms with van der Waals surface area (Å²) in [6.45, 7) is 11.6. The summed E-state index contributed by atoms with van der Waals surface area (Å²) in [5.41, 5.74) is 0.114. The highest BCUT2D eigenvalue weighted by Gasteiger charge is 2.58. The Balaban J connectivity index is 1.41. The Morgan fingerprint density at radius 1 is 0.867 bits per heavy atom. The molecule has 0 aromatic carbocycles. The van der Waals surface area contributed by atoms with Gasteiger partial charge in [0.05, 0.1) is 11.7 Å². The van der Waals surface area contributed by atoms with Crippen molar-refractivity contribution >= 4 is 0 Å². The molecule has 2 N–H and O–H groups in total. The van der Waals surface area contributed by atoms with Crippen molar-refractivity contribution in [3.63, 3.8) is 0 Å². The van der Waals surface area contributed by atoms with Crippen molar-refractivity contribution in [1.82, 2.24) is 0 Å². The summed E-state index contributed by atoms with van der Waals surface area (Å²) in [6.07, 6.45) is 15.0. The molecule has 2 heteroatoms. The Morgan fingerprint density at radius 3 is 2.27 bits per heavy atom. The number of fused-ring (bicyclic) bond motifs is 5. The van der Waals surface area contributed by atoms with E-state index in [9.17, 15) is 10.2 Å². The van der Waals surface area contributed by atoms with E-state index in [1.807, 2.05) is 0 Å². The van der Waals surface area contributed by atoms with E-state index in [1.54, 1.807) is 0 Å². The molecule has 0 spiro atoms. The van der Waals surface area contributed by atoms with E-state index < -0.39 is 0 Å². The van der Waals surface area contributed by atoms with E-state index in [2.05, 4.69) is 34.6 Å². The molecule has 0 amide bonds. The number of hydrogen-bond acceptors (Lipinski definition) is 2. The van der Waals surface area contributed by atoms with Gasteiger partial charge in [-0.25, -0.2) is 0 Å². The summed E-state index contributed by atoms with van der Waals surface area (Å²) in [4.78, 5) is 0. The molecule has 4 fully saturated rings. The fourth-order valence-corrected chi connectivity index (χ4v) is 9.03. The lowest BCUT2D eigenvalue weighted by molar-refractivity contribution is -0.140. The Hall–Kier alpha value is -0.0800. The van der Waals surface area contributed by atoms with Crippen LogP contribution in [0.4, 0.5) is 0 Å². The van der Waals surface area contributed by atoms with Gasteiger partial charge in [-0.2, -0.15) is 0 Å². The summed E-state index contributed by atoms with van der Waals surface area (Å²) in [5.74, 6) is 6.60. The summed E-state index contributed by atoms with van der Waals surface area (Å²) in [5, 5.41) is 21.3. The van der Waals surface area contributed by atoms with E-state index >= 15 is 0 Å². The van der Waals surface area contributed by atoms with Crippen LogP contribution in [0, 0.1) is 52.8 Å². The topological polar surface area (TPSA) is 40.5 Å². The lowest BCUT2D eigenvalue weighted by atomic mass is 9.45. The Bertz CT molecular complexity index is 587. The van der Waals surface area contributed by atoms with Crippen LogP contribution in [0.5, 0.6) is 0 Å². The molecule has 0 radical (unpaired) electrons. The fourth-order valence-electron chi connectivity index (χ4n) is 9.03. The zero-order valence-electron chi connectivity index (χ0n) is 20.6. The average Bonchev–Trinajstić information content (AvgIpc) is 3.16. The van der Waals surface area contributed by atoms with Gasteiger partial charge in [-0.05, 0) is 130 Å². The van der Waals surface area contributed by atoms with Crippen LogP contribution in [-0.2, 0) is 0 Å². The van der Waals surface area contributed by atoms with Gasteiger partial charge < -0.3 is 10.2 Å². The third kappa shape index (κ3) is 4.02. The third-order valence-corrected chi connectivity index (χ3v) is 11.3. The minimum Gasteiger partial charge on any atom is -0.393 e. The second-order valence-electron chi connectivity index (χ2n) is 12.8. The fraction of sp³-hybridized carbons (Fsp3) is 1.00. The first kappa shape index (κ1) is 23.1. The molecule has 4 saturated carbocycles. The Labute approximate surface area is 186 Å². The smallest absolute Gasteiger partial charge is 0.0648 e. The van der Waals surface area contributed by atoms with Crippen LogP contribution in [0.25, 0.3) is 0 Å². The van der Waals surface area contributed by atoms with Gasteiger partial charge >= 0.3 is 0 Å². The van der Waals surface area contributed by atoms with Gasteiger partial charge in [0.1, 0.15) is 0 Å². The molecule has 0 aliphatic heterocycles. The first-order chi connectivity index (χ1) is 14.2. The predicted octanol–water partition coefficient (Wildman–Crippen LogP) is 6.83. The van der Waals surface area contributed by atoms with Crippen molar-refractivity contribution < 1.29 is 10.2 Å². The van der Waals surface area contributed by atoms with Gasteiger partial charge in [0.25, 0.3) is 0 Å². The number of aliphatic hydroxyl groups excluding tert-OH is 1. The highest BCUT2D eigenvalue weighted by atomic mass is 16.3. The minimum absolute atomic E-state index is 0.122. The SMILES string of the molecule is CC[C@]1(O)CC[C@@]2(C)[C@@H](CC[C@H]3[C@@H]4CC[C@H]([C@H](C)CC[C@H](O)C(C)C)[C@H]4CC[C@@H]32)C1. The number of rotatable bonds is 6. The standard InChI is InChI=1S/C28H50O2/c1-6-28(30)16-15-27(5)20(17-28)8-9-24-23-11-10-21(22(23)12-13-25(24)27)19(4)7-14-26(29)18(2)3/h18-26,29-30H,6-17H2,1-5H3/t19-,20+,21-,22-,23-,24+,25+,26+,27+,28+/m1/s1. The molecule has 0 bridgehead atoms. The van der Waals surface area contributed by atoms with Crippen LogP contribution in [0.2, 0.25) is 0 Å². The highest BCUT2D eigenvalue weighted by molar-refractivity contribution is 5.07. The molecular formula is C28H50O2. The normalized spacial score (nSPS) is 48.0. The molecule has 0 heterocycles. The largest absolute Gasteiger partial charge is 0.393 e. The second-order valence-corrected chi connectivity index (χ2v) is 12.8. The Kier molecular flexibility index (Phi) is 6.69. The Morgan fingerprint density at radius 2 is 1.57 bits per heavy atom. The monoisotopic (exact) mass is 418 g/mol. The van der Waals surface area contributed by atoms with Crippen molar-refractivity contribution in [1.29, 1.82) is 0 Å². The van der Waals surface area contributed by atoms with Crippen molar-refractivity contribution in [3.05, 3.63) is 0 Å². The zero-order valence-corrected chi connectivity index (χ0v) is 20.6. The quantitative estimate of drug-likeness (QED) is 0.496. The van der Waals surface area contributed by atoms with Crippen molar-refractivity contribution in [3.8, 4) is 0 Å². The summed E-state index contributed by atoms with van der Waals surface area (Å²) < 4.78 is 0. The van der Waals surface area contributed by atoms with E-state index in [1.165, 1.54) is 51.4 Å². The lowest BCUT2D eigenvalue weighted by Gasteiger charge is -2.60. The average molecular weight is 419 g/mol. The maximum absolute atomic E-state index is 11.0. The highest BCUT2D eigenvalue weighted by Crippen LogP contribution is 2.65. The van der Waals surface area contributed by atoms with Crippen LogP contribution in [0.1, 0.15) is 112 Å². The van der Waals surface area contributed by atoms with Crippen molar-refractivity contribution in [2.24, 2.45) is 52.8 Å². The summed E-state index contributed by atoms with van der Waals surface area (Å²) in [7, 11) is 0. The van der Waals surface area contributed by atoms with E-state index in [-0.39, 0.29) is 11.7 Å². The molecule has 174 valence electrons. The summed E-state index contributed by atoms with van der Waals surface area (Å²) >= 11 is 0. The van der Waals surface area contributed by atoms with Gasteiger partial charge in [0, 0.05) is 0 Å². The van der Waals surface area contributed by atoms with Crippen LogP contribution >= 0.6 is 0 Å². The molecule has 30 heavy (non-hydrogen) atoms. The first-order valence-corrected chi connectivity index (χ1v) is 13.6. The van der Waals surface area contributed by atoms with Crippen LogP contribution < -0.4 is 0 Å². The van der Waals surface area contributed by atoms with Gasteiger partial charge in [-0.1, -0.05) is 34.6 Å². The number of hydrogen-bond donors (Lipinski definition) is 2. The molecule has 10 atom stereocenters. The molecule has 0 aromatic rings. The molecule has 4 rings (SSSR count). The summed E-state index contributed by atoms with van der Waals surface area (Å²) in [6, 6.07) is 0. The number of aliphatic hydroxyl groups is 2. The van der Waals surface area contributed by atoms with Gasteiger partial charge in [-0.3, -0.25) is 0 Å². The van der Waals surface area contributed by atoms with Crippen LogP contribution in [0.15, 0.2) is 0 Å². The van der Waals surface area contributed by atoms with Gasteiger partial charge in [0.2, 0.25) is 0 Å². The molecule has 4 aliphatic carbocycles. The van der Waals surface area contributed by atoms with Crippen LogP contribution in [0.3, 0.4) is 0 Å². The maximum atomic E-state index is 11.0. The predicted molar refractivity (Wildman–Crippen MR) is 125 cm³/mol. The molecule has 2 nitrogen and oxygen atoms in total. The van der Waals surface area contributed by atoms with Crippen LogP contribution in [-0.4, -0.2) is 21.9 Å². The van der Waals surface area contributed by atoms with E-state index in [0.29, 0.717) is 11.3 Å². The van der Waals surface area contributed by atoms with Crippen molar-refractivity contribution in [2.45, 2.75) is 123 Å². The molecule has 4 aliphatic rings. The molecular weight excluding hydrogens is 368 g/mol.